The minimum Gasteiger partial charge on any atom is -0.325 e. The van der Waals surface area contributed by atoms with Gasteiger partial charge in [0.05, 0.1) is 22.6 Å². The smallest absolute Gasteiger partial charge is 0.262 e. The Morgan fingerprint density at radius 3 is 2.48 bits per heavy atom. The van der Waals surface area contributed by atoms with Crippen molar-refractivity contribution in [2.24, 2.45) is 5.73 Å². The molecule has 10 nitrogen and oxygen atoms in total. The summed E-state index contributed by atoms with van der Waals surface area (Å²) in [5.74, 6) is -2.34. The molecule has 3 unspecified atom stereocenters. The van der Waals surface area contributed by atoms with E-state index in [-0.39, 0.29) is 48.1 Å². The molecule has 0 bridgehead atoms. The summed E-state index contributed by atoms with van der Waals surface area (Å²) in [7, 11) is -3.16. The summed E-state index contributed by atoms with van der Waals surface area (Å²) < 4.78 is 23.3. The van der Waals surface area contributed by atoms with Gasteiger partial charge in [-0.05, 0) is 24.1 Å². The Balaban J connectivity index is 1.50. The summed E-state index contributed by atoms with van der Waals surface area (Å²) in [5.41, 5.74) is 6.93. The molecule has 0 radical (unpaired) electrons. The van der Waals surface area contributed by atoms with Crippen LogP contribution in [0, 0.1) is 0 Å². The molecule has 0 saturated carbocycles. The van der Waals surface area contributed by atoms with Gasteiger partial charge in [0, 0.05) is 25.0 Å². The van der Waals surface area contributed by atoms with Gasteiger partial charge in [0.2, 0.25) is 11.8 Å². The number of nitrogens with one attached hydrogen (secondary N) is 2. The van der Waals surface area contributed by atoms with Crippen molar-refractivity contribution in [1.29, 1.82) is 0 Å². The summed E-state index contributed by atoms with van der Waals surface area (Å²) in [4.78, 5) is 49.8. The lowest BCUT2D eigenvalue weighted by atomic mass is 10.0. The number of benzene rings is 1. The molecule has 11 heteroatoms. The Kier molecular flexibility index (Phi) is 4.75. The zero-order valence-electron chi connectivity index (χ0n) is 15.4. The number of carbonyl (C=O) groups is 4. The van der Waals surface area contributed by atoms with Crippen molar-refractivity contribution in [3.05, 3.63) is 34.9 Å². The van der Waals surface area contributed by atoms with E-state index >= 15 is 0 Å². The third kappa shape index (κ3) is 3.56. The second-order valence-electron chi connectivity index (χ2n) is 7.56. The number of nitrogens with zero attached hydrogens (tertiary/aromatic N) is 1. The molecule has 0 aromatic heterocycles. The zero-order valence-corrected chi connectivity index (χ0v) is 16.2. The molecule has 2 saturated heterocycles. The predicted molar refractivity (Wildman–Crippen MR) is 100 cm³/mol. The van der Waals surface area contributed by atoms with Crippen LogP contribution in [0.2, 0.25) is 0 Å². The van der Waals surface area contributed by atoms with Gasteiger partial charge in [-0.15, -0.1) is 0 Å². The number of nitrogens with two attached hydrogens (primary N) is 1. The SMILES string of the molecule is NC1CS(=O)(=O)CC1NCc1ccc2c(c1)C(=O)N(C1CCC(=O)NC1=O)C2=O. The summed E-state index contributed by atoms with van der Waals surface area (Å²) in [6, 6.07) is 2.85. The van der Waals surface area contributed by atoms with E-state index in [0.717, 1.165) is 4.90 Å². The number of piperidine rings is 1. The summed E-state index contributed by atoms with van der Waals surface area (Å²) in [6.07, 6.45) is 0.155. The number of sulfone groups is 1. The Morgan fingerprint density at radius 2 is 1.83 bits per heavy atom. The normalized spacial score (nSPS) is 28.6. The fourth-order valence-corrected chi connectivity index (χ4v) is 5.83. The largest absolute Gasteiger partial charge is 0.325 e. The van der Waals surface area contributed by atoms with Crippen molar-refractivity contribution < 1.29 is 27.6 Å². The second kappa shape index (κ2) is 7.01. The molecule has 2 fully saturated rings. The highest BCUT2D eigenvalue weighted by molar-refractivity contribution is 7.91. The van der Waals surface area contributed by atoms with Crippen molar-refractivity contribution in [3.8, 4) is 0 Å². The van der Waals surface area contributed by atoms with E-state index in [2.05, 4.69) is 10.6 Å². The molecule has 3 atom stereocenters. The minimum absolute atomic E-state index is 0.0419. The van der Waals surface area contributed by atoms with E-state index in [1.165, 1.54) is 6.07 Å². The third-order valence-electron chi connectivity index (χ3n) is 5.47. The van der Waals surface area contributed by atoms with Crippen LogP contribution in [0.4, 0.5) is 0 Å². The number of imide groups is 2. The molecule has 29 heavy (non-hydrogen) atoms. The van der Waals surface area contributed by atoms with E-state index in [9.17, 15) is 27.6 Å². The molecule has 3 aliphatic heterocycles. The third-order valence-corrected chi connectivity index (χ3v) is 7.23. The van der Waals surface area contributed by atoms with Gasteiger partial charge in [-0.2, -0.15) is 0 Å². The fourth-order valence-electron chi connectivity index (χ4n) is 3.96. The van der Waals surface area contributed by atoms with Crippen LogP contribution >= 0.6 is 0 Å². The second-order valence-corrected chi connectivity index (χ2v) is 9.71. The number of fused-ring (bicyclic) bond motifs is 1. The molecule has 0 aliphatic carbocycles. The van der Waals surface area contributed by atoms with E-state index in [4.69, 9.17) is 5.73 Å². The lowest BCUT2D eigenvalue weighted by Gasteiger charge is -2.27. The maximum Gasteiger partial charge on any atom is 0.262 e. The average molecular weight is 420 g/mol. The first-order chi connectivity index (χ1) is 13.7. The highest BCUT2D eigenvalue weighted by Crippen LogP contribution is 2.28. The van der Waals surface area contributed by atoms with Crippen LogP contribution in [0.5, 0.6) is 0 Å². The molecule has 3 aliphatic rings. The lowest BCUT2D eigenvalue weighted by molar-refractivity contribution is -0.136. The molecule has 1 aromatic carbocycles. The molecule has 154 valence electrons. The van der Waals surface area contributed by atoms with Crippen molar-refractivity contribution in [1.82, 2.24) is 15.5 Å². The van der Waals surface area contributed by atoms with Gasteiger partial charge >= 0.3 is 0 Å². The lowest BCUT2D eigenvalue weighted by Crippen LogP contribution is -2.54. The number of amides is 4. The maximum atomic E-state index is 12.8. The van der Waals surface area contributed by atoms with Crippen LogP contribution in [0.25, 0.3) is 0 Å². The van der Waals surface area contributed by atoms with Gasteiger partial charge in [-0.3, -0.25) is 29.4 Å². The number of hydrogen-bond acceptors (Lipinski definition) is 8. The maximum absolute atomic E-state index is 12.8. The first-order valence-corrected chi connectivity index (χ1v) is 11.0. The Bertz CT molecular complexity index is 1040. The van der Waals surface area contributed by atoms with Gasteiger partial charge < -0.3 is 11.1 Å². The number of carbonyl (C=O) groups excluding carboxylic acids is 4. The zero-order chi connectivity index (χ0) is 20.9. The molecule has 1 aromatic rings. The highest BCUT2D eigenvalue weighted by Gasteiger charge is 2.44. The van der Waals surface area contributed by atoms with Gasteiger partial charge in [0.25, 0.3) is 11.8 Å². The molecule has 4 N–H and O–H groups in total. The highest BCUT2D eigenvalue weighted by atomic mass is 32.2. The first kappa shape index (κ1) is 19.7. The Hall–Kier alpha value is -2.63. The minimum atomic E-state index is -3.16. The van der Waals surface area contributed by atoms with Gasteiger partial charge in [0.15, 0.2) is 9.84 Å². The van der Waals surface area contributed by atoms with Crippen LogP contribution in [0.1, 0.15) is 39.1 Å². The quantitative estimate of drug-likeness (QED) is 0.487. The van der Waals surface area contributed by atoms with Crippen molar-refractivity contribution in [2.75, 3.05) is 11.5 Å². The van der Waals surface area contributed by atoms with Gasteiger partial charge in [-0.25, -0.2) is 8.42 Å². The van der Waals surface area contributed by atoms with Crippen LogP contribution in [-0.2, 0) is 26.0 Å². The molecule has 4 rings (SSSR count). The first-order valence-electron chi connectivity index (χ1n) is 9.20. The molecular weight excluding hydrogens is 400 g/mol. The molecular formula is C18H20N4O6S. The summed E-state index contributed by atoms with van der Waals surface area (Å²) >= 11 is 0. The Morgan fingerprint density at radius 1 is 1.10 bits per heavy atom. The van der Waals surface area contributed by atoms with Crippen molar-refractivity contribution in [2.45, 2.75) is 37.5 Å². The Labute approximate surface area is 166 Å². The summed E-state index contributed by atoms with van der Waals surface area (Å²) in [6.45, 7) is 0.279. The van der Waals surface area contributed by atoms with Crippen LogP contribution in [0.3, 0.4) is 0 Å². The van der Waals surface area contributed by atoms with Crippen LogP contribution < -0.4 is 16.4 Å². The molecule has 3 heterocycles. The van der Waals surface area contributed by atoms with Crippen molar-refractivity contribution in [3.63, 3.8) is 0 Å². The number of rotatable bonds is 4. The van der Waals surface area contributed by atoms with E-state index < -0.39 is 45.5 Å². The topological polar surface area (TPSA) is 156 Å². The molecule has 0 spiro atoms. The van der Waals surface area contributed by atoms with Gasteiger partial charge in [-0.1, -0.05) is 6.07 Å². The fraction of sp³-hybridized carbons (Fsp3) is 0.444. The molecule has 4 amide bonds. The number of hydrogen-bond donors (Lipinski definition) is 3. The van der Waals surface area contributed by atoms with Crippen molar-refractivity contribution >= 4 is 33.5 Å². The standard InChI is InChI=1S/C18H20N4O6S/c19-12-7-29(27,28)8-13(12)20-6-9-1-2-10-11(5-9)18(26)22(17(10)25)14-3-4-15(23)21-16(14)24/h1-2,5,12-14,20H,3-4,6-8,19H2,(H,21,23,24). The predicted octanol–water partition coefficient (Wildman–Crippen LogP) is -1.70. The van der Waals surface area contributed by atoms with E-state index in [1.54, 1.807) is 12.1 Å². The van der Waals surface area contributed by atoms with E-state index in [1.807, 2.05) is 0 Å². The van der Waals surface area contributed by atoms with E-state index in [0.29, 0.717) is 5.56 Å². The monoisotopic (exact) mass is 420 g/mol. The summed E-state index contributed by atoms with van der Waals surface area (Å²) in [5, 5.41) is 5.24. The van der Waals surface area contributed by atoms with Gasteiger partial charge in [0.1, 0.15) is 6.04 Å². The van der Waals surface area contributed by atoms with Crippen LogP contribution in [-0.4, -0.2) is 66.6 Å². The average Bonchev–Trinajstić information content (AvgIpc) is 3.05. The van der Waals surface area contributed by atoms with Crippen LogP contribution in [0.15, 0.2) is 18.2 Å².